The maximum absolute atomic E-state index is 10.3. The highest BCUT2D eigenvalue weighted by Gasteiger charge is 1.98. The minimum atomic E-state index is 0.535. The highest BCUT2D eigenvalue weighted by atomic mass is 16.5. The van der Waals surface area contributed by atoms with Crippen LogP contribution < -0.4 is 10.3 Å². The molecule has 1 aromatic heterocycles. The van der Waals surface area contributed by atoms with Crippen molar-refractivity contribution in [3.05, 3.63) is 17.7 Å². The van der Waals surface area contributed by atoms with Crippen LogP contribution in [0, 0.1) is 0 Å². The number of rotatable bonds is 2. The zero-order valence-corrected chi connectivity index (χ0v) is 6.50. The second-order valence-corrected chi connectivity index (χ2v) is 2.15. The van der Waals surface area contributed by atoms with E-state index in [0.29, 0.717) is 17.0 Å². The van der Waals surface area contributed by atoms with Crippen molar-refractivity contribution < 1.29 is 9.53 Å². The zero-order chi connectivity index (χ0) is 8.27. The SMILES string of the molecule is Bc1nc(OC)ccc1C=O. The number of nitrogens with zero attached hydrogens (tertiary/aromatic N) is 1. The van der Waals surface area contributed by atoms with E-state index in [-0.39, 0.29) is 0 Å². The van der Waals surface area contributed by atoms with Gasteiger partial charge in [-0.3, -0.25) is 4.79 Å². The van der Waals surface area contributed by atoms with Crippen molar-refractivity contribution in [3.63, 3.8) is 0 Å². The van der Waals surface area contributed by atoms with Gasteiger partial charge in [-0.1, -0.05) is 0 Å². The van der Waals surface area contributed by atoms with Crippen LogP contribution in [-0.4, -0.2) is 26.2 Å². The number of carbonyl (C=O) groups excluding carboxylic acids is 1. The lowest BCUT2D eigenvalue weighted by molar-refractivity contribution is 0.112. The van der Waals surface area contributed by atoms with Crippen LogP contribution in [0.25, 0.3) is 0 Å². The van der Waals surface area contributed by atoms with Crippen molar-refractivity contribution >= 4 is 19.7 Å². The van der Waals surface area contributed by atoms with Gasteiger partial charge in [0.2, 0.25) is 5.88 Å². The first kappa shape index (κ1) is 7.79. The molecular weight excluding hydrogens is 141 g/mol. The largest absolute Gasteiger partial charge is 0.481 e. The van der Waals surface area contributed by atoms with E-state index in [0.717, 1.165) is 6.29 Å². The summed E-state index contributed by atoms with van der Waals surface area (Å²) in [6, 6.07) is 3.35. The fourth-order valence-corrected chi connectivity index (χ4v) is 0.787. The number of methoxy groups -OCH3 is 1. The zero-order valence-electron chi connectivity index (χ0n) is 6.50. The molecule has 0 unspecified atom stereocenters. The molecule has 0 saturated carbocycles. The van der Waals surface area contributed by atoms with E-state index in [1.807, 2.05) is 0 Å². The number of pyridine rings is 1. The molecule has 56 valence electrons. The van der Waals surface area contributed by atoms with E-state index in [9.17, 15) is 4.79 Å². The molecule has 1 aromatic rings. The van der Waals surface area contributed by atoms with Gasteiger partial charge < -0.3 is 4.74 Å². The summed E-state index contributed by atoms with van der Waals surface area (Å²) in [5, 5.41) is 0. The van der Waals surface area contributed by atoms with Crippen LogP contribution in [0.4, 0.5) is 0 Å². The Labute approximate surface area is 65.8 Å². The van der Waals surface area contributed by atoms with Crippen molar-refractivity contribution in [1.29, 1.82) is 0 Å². The molecule has 0 bridgehead atoms. The van der Waals surface area contributed by atoms with Gasteiger partial charge in [-0.15, -0.1) is 0 Å². The summed E-state index contributed by atoms with van der Waals surface area (Å²) in [4.78, 5) is 14.4. The molecule has 0 fully saturated rings. The minimum absolute atomic E-state index is 0.535. The van der Waals surface area contributed by atoms with Gasteiger partial charge in [0.25, 0.3) is 0 Å². The Morgan fingerprint density at radius 2 is 2.36 bits per heavy atom. The van der Waals surface area contributed by atoms with E-state index in [2.05, 4.69) is 4.98 Å². The maximum atomic E-state index is 10.3. The van der Waals surface area contributed by atoms with E-state index < -0.39 is 0 Å². The molecule has 0 saturated heterocycles. The molecule has 3 nitrogen and oxygen atoms in total. The van der Waals surface area contributed by atoms with Crippen LogP contribution >= 0.6 is 0 Å². The van der Waals surface area contributed by atoms with Crippen molar-refractivity contribution in [3.8, 4) is 5.88 Å². The van der Waals surface area contributed by atoms with Crippen LogP contribution in [0.5, 0.6) is 5.88 Å². The quantitative estimate of drug-likeness (QED) is 0.406. The van der Waals surface area contributed by atoms with E-state index in [1.54, 1.807) is 27.1 Å². The van der Waals surface area contributed by atoms with E-state index in [1.165, 1.54) is 0 Å². The summed E-state index contributed by atoms with van der Waals surface area (Å²) < 4.78 is 4.87. The van der Waals surface area contributed by atoms with Crippen molar-refractivity contribution in [2.45, 2.75) is 0 Å². The summed E-state index contributed by atoms with van der Waals surface area (Å²) in [6.07, 6.45) is 0.780. The fraction of sp³-hybridized carbons (Fsp3) is 0.143. The minimum Gasteiger partial charge on any atom is -0.481 e. The molecule has 1 heterocycles. The second kappa shape index (κ2) is 3.19. The average molecular weight is 149 g/mol. The number of hydrogen-bond acceptors (Lipinski definition) is 3. The van der Waals surface area contributed by atoms with Gasteiger partial charge >= 0.3 is 0 Å². The third-order valence-corrected chi connectivity index (χ3v) is 1.44. The predicted octanol–water partition coefficient (Wildman–Crippen LogP) is -0.839. The predicted molar refractivity (Wildman–Crippen MR) is 44.4 cm³/mol. The van der Waals surface area contributed by atoms with Crippen molar-refractivity contribution in [1.82, 2.24) is 4.98 Å². The fourth-order valence-electron chi connectivity index (χ4n) is 0.787. The molecule has 0 aliphatic heterocycles. The molecule has 11 heavy (non-hydrogen) atoms. The molecule has 0 spiro atoms. The van der Waals surface area contributed by atoms with Crippen molar-refractivity contribution in [2.24, 2.45) is 0 Å². The Morgan fingerprint density at radius 3 is 2.82 bits per heavy atom. The first-order chi connectivity index (χ1) is 5.27. The Morgan fingerprint density at radius 1 is 1.64 bits per heavy atom. The van der Waals surface area contributed by atoms with Crippen LogP contribution in [0.3, 0.4) is 0 Å². The van der Waals surface area contributed by atoms with Crippen LogP contribution in [-0.2, 0) is 0 Å². The smallest absolute Gasteiger partial charge is 0.212 e. The van der Waals surface area contributed by atoms with Gasteiger partial charge in [0.15, 0.2) is 14.1 Å². The molecule has 0 radical (unpaired) electrons. The highest BCUT2D eigenvalue weighted by molar-refractivity contribution is 6.33. The standard InChI is InChI=1S/C7H8BNO2/c1-11-6-3-2-5(4-10)7(8)9-6/h2-4H,8H2,1H3. The number of ether oxygens (including phenoxy) is 1. The Kier molecular flexibility index (Phi) is 2.26. The first-order valence-corrected chi connectivity index (χ1v) is 3.24. The van der Waals surface area contributed by atoms with E-state index >= 15 is 0 Å². The normalized spacial score (nSPS) is 9.18. The number of hydrogen-bond donors (Lipinski definition) is 0. The summed E-state index contributed by atoms with van der Waals surface area (Å²) in [6.45, 7) is 0. The summed E-state index contributed by atoms with van der Waals surface area (Å²) in [7, 11) is 3.31. The number of carbonyl (C=O) groups is 1. The average Bonchev–Trinajstić information content (AvgIpc) is 2.04. The Bertz CT molecular complexity index is 275. The van der Waals surface area contributed by atoms with E-state index in [4.69, 9.17) is 4.74 Å². The molecule has 0 N–H and O–H groups in total. The Balaban J connectivity index is 3.09. The first-order valence-electron chi connectivity index (χ1n) is 3.24. The third kappa shape index (κ3) is 1.58. The lowest BCUT2D eigenvalue weighted by atomic mass is 9.98. The van der Waals surface area contributed by atoms with Gasteiger partial charge in [-0.2, -0.15) is 0 Å². The molecule has 0 amide bonds. The number of aldehydes is 1. The lowest BCUT2D eigenvalue weighted by Crippen LogP contribution is -2.14. The van der Waals surface area contributed by atoms with Crippen LogP contribution in [0.15, 0.2) is 12.1 Å². The molecule has 0 atom stereocenters. The highest BCUT2D eigenvalue weighted by Crippen LogP contribution is 2.01. The molecule has 0 aliphatic rings. The Hall–Kier alpha value is -1.32. The molecule has 0 aliphatic carbocycles. The van der Waals surface area contributed by atoms with Crippen molar-refractivity contribution in [2.75, 3.05) is 7.11 Å². The van der Waals surface area contributed by atoms with Gasteiger partial charge in [0.1, 0.15) is 0 Å². The summed E-state index contributed by atoms with van der Waals surface area (Å²) >= 11 is 0. The van der Waals surface area contributed by atoms with Gasteiger partial charge in [0.05, 0.1) is 7.11 Å². The summed E-state index contributed by atoms with van der Waals surface area (Å²) in [5.74, 6) is 0.535. The topological polar surface area (TPSA) is 39.2 Å². The molecule has 0 aromatic carbocycles. The summed E-state index contributed by atoms with van der Waals surface area (Å²) in [5.41, 5.74) is 1.30. The monoisotopic (exact) mass is 149 g/mol. The third-order valence-electron chi connectivity index (χ3n) is 1.44. The molecule has 4 heteroatoms. The molecular formula is C7H8BNO2. The van der Waals surface area contributed by atoms with Crippen LogP contribution in [0.2, 0.25) is 0 Å². The lowest BCUT2D eigenvalue weighted by Gasteiger charge is -2.00. The van der Waals surface area contributed by atoms with Gasteiger partial charge in [-0.05, 0) is 6.07 Å². The molecule has 1 rings (SSSR count). The van der Waals surface area contributed by atoms with Crippen LogP contribution in [0.1, 0.15) is 10.4 Å². The van der Waals surface area contributed by atoms with Gasteiger partial charge in [-0.25, -0.2) is 4.98 Å². The second-order valence-electron chi connectivity index (χ2n) is 2.15. The number of aromatic nitrogens is 1. The van der Waals surface area contributed by atoms with Gasteiger partial charge in [0, 0.05) is 17.2 Å². The maximum Gasteiger partial charge on any atom is 0.212 e.